The van der Waals surface area contributed by atoms with Gasteiger partial charge in [-0.25, -0.2) is 0 Å². The van der Waals surface area contributed by atoms with Gasteiger partial charge in [-0.15, -0.1) is 0 Å². The summed E-state index contributed by atoms with van der Waals surface area (Å²) in [7, 11) is 0. The second-order valence-electron chi connectivity index (χ2n) is 3.08. The summed E-state index contributed by atoms with van der Waals surface area (Å²) in [6.45, 7) is 1.67. The van der Waals surface area contributed by atoms with Gasteiger partial charge in [-0.1, -0.05) is 23.9 Å². The molecule has 78 valence electrons. The van der Waals surface area contributed by atoms with Gasteiger partial charge in [0, 0.05) is 4.90 Å². The van der Waals surface area contributed by atoms with E-state index in [9.17, 15) is 8.78 Å². The van der Waals surface area contributed by atoms with Crippen LogP contribution >= 0.6 is 11.8 Å². The van der Waals surface area contributed by atoms with Gasteiger partial charge in [-0.2, -0.15) is 8.78 Å². The van der Waals surface area contributed by atoms with E-state index in [1.807, 2.05) is 6.07 Å². The molecule has 0 radical (unpaired) electrons. The number of rotatable bonds is 4. The highest BCUT2D eigenvalue weighted by molar-refractivity contribution is 7.99. The molecule has 1 atom stereocenters. The van der Waals surface area contributed by atoms with Crippen LogP contribution in [-0.4, -0.2) is 17.0 Å². The van der Waals surface area contributed by atoms with Crippen molar-refractivity contribution in [3.8, 4) is 0 Å². The summed E-state index contributed by atoms with van der Waals surface area (Å²) in [5, 5.41) is 9.12. The SMILES string of the molecule is C[C@H](O)Cc1cccc(SC(F)F)c1. The van der Waals surface area contributed by atoms with Crippen molar-refractivity contribution in [3.63, 3.8) is 0 Å². The molecule has 0 fully saturated rings. The van der Waals surface area contributed by atoms with Crippen LogP contribution in [0.5, 0.6) is 0 Å². The van der Waals surface area contributed by atoms with Crippen LogP contribution in [0.15, 0.2) is 29.2 Å². The van der Waals surface area contributed by atoms with Crippen LogP contribution in [-0.2, 0) is 6.42 Å². The molecule has 0 saturated carbocycles. The zero-order valence-corrected chi connectivity index (χ0v) is 8.60. The quantitative estimate of drug-likeness (QED) is 0.784. The number of hydrogen-bond acceptors (Lipinski definition) is 2. The van der Waals surface area contributed by atoms with Crippen molar-refractivity contribution < 1.29 is 13.9 Å². The van der Waals surface area contributed by atoms with E-state index in [1.165, 1.54) is 0 Å². The van der Waals surface area contributed by atoms with Crippen LogP contribution in [0.2, 0.25) is 0 Å². The standard InChI is InChI=1S/C10H12F2OS/c1-7(13)5-8-3-2-4-9(6-8)14-10(11)12/h2-4,6-7,10,13H,5H2,1H3/t7-/m0/s1. The fraction of sp³-hybridized carbons (Fsp3) is 0.400. The molecule has 0 unspecified atom stereocenters. The van der Waals surface area contributed by atoms with Crippen LogP contribution < -0.4 is 0 Å². The largest absolute Gasteiger partial charge is 0.393 e. The second kappa shape index (κ2) is 5.32. The van der Waals surface area contributed by atoms with Crippen molar-refractivity contribution in [2.45, 2.75) is 30.1 Å². The Morgan fingerprint density at radius 3 is 2.71 bits per heavy atom. The molecule has 0 aliphatic carbocycles. The van der Waals surface area contributed by atoms with E-state index in [0.29, 0.717) is 23.1 Å². The minimum atomic E-state index is -2.39. The van der Waals surface area contributed by atoms with E-state index in [1.54, 1.807) is 25.1 Å². The first-order chi connectivity index (χ1) is 6.58. The highest BCUT2D eigenvalue weighted by Gasteiger charge is 2.06. The number of halogens is 2. The van der Waals surface area contributed by atoms with Crippen LogP contribution in [0.4, 0.5) is 8.78 Å². The molecule has 1 rings (SSSR count). The van der Waals surface area contributed by atoms with Crippen molar-refractivity contribution in [1.29, 1.82) is 0 Å². The Morgan fingerprint density at radius 1 is 1.43 bits per heavy atom. The van der Waals surface area contributed by atoms with Gasteiger partial charge in [0.05, 0.1) is 6.10 Å². The molecule has 0 aliphatic heterocycles. The van der Waals surface area contributed by atoms with Gasteiger partial charge in [0.2, 0.25) is 0 Å². The summed E-state index contributed by atoms with van der Waals surface area (Å²) in [6, 6.07) is 6.87. The lowest BCUT2D eigenvalue weighted by Crippen LogP contribution is -2.03. The summed E-state index contributed by atoms with van der Waals surface area (Å²) in [5.74, 6) is -2.39. The molecule has 0 spiro atoms. The van der Waals surface area contributed by atoms with E-state index >= 15 is 0 Å². The van der Waals surface area contributed by atoms with Crippen molar-refractivity contribution in [2.75, 3.05) is 0 Å². The van der Waals surface area contributed by atoms with Crippen LogP contribution in [0.25, 0.3) is 0 Å². The lowest BCUT2D eigenvalue weighted by Gasteiger charge is -2.06. The Balaban J connectivity index is 2.68. The van der Waals surface area contributed by atoms with E-state index in [2.05, 4.69) is 0 Å². The Bertz CT molecular complexity index is 264. The lowest BCUT2D eigenvalue weighted by molar-refractivity contribution is 0.195. The maximum Gasteiger partial charge on any atom is 0.288 e. The zero-order valence-electron chi connectivity index (χ0n) is 7.78. The molecular formula is C10H12F2OS. The third-order valence-electron chi connectivity index (χ3n) is 1.65. The fourth-order valence-electron chi connectivity index (χ4n) is 1.19. The Kier molecular flexibility index (Phi) is 4.35. The van der Waals surface area contributed by atoms with E-state index in [4.69, 9.17) is 5.11 Å². The Hall–Kier alpha value is -0.610. The number of aliphatic hydroxyl groups excluding tert-OH is 1. The van der Waals surface area contributed by atoms with Crippen molar-refractivity contribution >= 4 is 11.8 Å². The number of thioether (sulfide) groups is 1. The first kappa shape index (κ1) is 11.5. The highest BCUT2D eigenvalue weighted by atomic mass is 32.2. The minimum Gasteiger partial charge on any atom is -0.393 e. The molecular weight excluding hydrogens is 206 g/mol. The maximum atomic E-state index is 12.0. The van der Waals surface area contributed by atoms with Crippen LogP contribution in [0, 0.1) is 0 Å². The summed E-state index contributed by atoms with van der Waals surface area (Å²) in [4.78, 5) is 0.540. The van der Waals surface area contributed by atoms with Gasteiger partial charge in [-0.05, 0) is 31.0 Å². The van der Waals surface area contributed by atoms with Crippen LogP contribution in [0.1, 0.15) is 12.5 Å². The Morgan fingerprint density at radius 2 is 2.14 bits per heavy atom. The number of benzene rings is 1. The smallest absolute Gasteiger partial charge is 0.288 e. The predicted molar refractivity (Wildman–Crippen MR) is 53.7 cm³/mol. The third kappa shape index (κ3) is 4.07. The molecule has 0 bridgehead atoms. The minimum absolute atomic E-state index is 0.443. The van der Waals surface area contributed by atoms with E-state index in [0.717, 1.165) is 5.56 Å². The first-order valence-corrected chi connectivity index (χ1v) is 5.17. The average molecular weight is 218 g/mol. The zero-order chi connectivity index (χ0) is 10.6. The third-order valence-corrected chi connectivity index (χ3v) is 2.36. The van der Waals surface area contributed by atoms with E-state index in [-0.39, 0.29) is 0 Å². The summed E-state index contributed by atoms with van der Waals surface area (Å²) >= 11 is 0.525. The molecule has 1 aromatic rings. The second-order valence-corrected chi connectivity index (χ2v) is 4.14. The molecule has 0 aromatic heterocycles. The Labute approximate surface area is 86.1 Å². The van der Waals surface area contributed by atoms with Gasteiger partial charge in [0.25, 0.3) is 5.76 Å². The molecule has 1 N–H and O–H groups in total. The molecule has 14 heavy (non-hydrogen) atoms. The van der Waals surface area contributed by atoms with E-state index < -0.39 is 11.9 Å². The molecule has 1 nitrogen and oxygen atoms in total. The van der Waals surface area contributed by atoms with Crippen molar-refractivity contribution in [2.24, 2.45) is 0 Å². The average Bonchev–Trinajstić information content (AvgIpc) is 2.01. The molecule has 0 heterocycles. The fourth-order valence-corrected chi connectivity index (χ4v) is 1.77. The van der Waals surface area contributed by atoms with Crippen molar-refractivity contribution in [3.05, 3.63) is 29.8 Å². The lowest BCUT2D eigenvalue weighted by atomic mass is 10.1. The van der Waals surface area contributed by atoms with Gasteiger partial charge >= 0.3 is 0 Å². The normalized spacial score (nSPS) is 13.2. The molecule has 1 aromatic carbocycles. The molecule has 4 heteroatoms. The molecule has 0 saturated heterocycles. The predicted octanol–water partition coefficient (Wildman–Crippen LogP) is 2.92. The molecule has 0 amide bonds. The summed E-state index contributed by atoms with van der Waals surface area (Å²) in [6.07, 6.45) is 0.0549. The van der Waals surface area contributed by atoms with Crippen molar-refractivity contribution in [1.82, 2.24) is 0 Å². The summed E-state index contributed by atoms with van der Waals surface area (Å²) < 4.78 is 24.1. The number of alkyl halides is 2. The van der Waals surface area contributed by atoms with Gasteiger partial charge in [0.1, 0.15) is 0 Å². The monoisotopic (exact) mass is 218 g/mol. The highest BCUT2D eigenvalue weighted by Crippen LogP contribution is 2.25. The topological polar surface area (TPSA) is 20.2 Å². The number of hydrogen-bond donors (Lipinski definition) is 1. The van der Waals surface area contributed by atoms with Crippen LogP contribution in [0.3, 0.4) is 0 Å². The van der Waals surface area contributed by atoms with Gasteiger partial charge in [0.15, 0.2) is 0 Å². The van der Waals surface area contributed by atoms with Gasteiger partial charge < -0.3 is 5.11 Å². The maximum absolute atomic E-state index is 12.0. The van der Waals surface area contributed by atoms with Gasteiger partial charge in [-0.3, -0.25) is 0 Å². The summed E-state index contributed by atoms with van der Waals surface area (Å²) in [5.41, 5.74) is 0.880. The number of aliphatic hydroxyl groups is 1. The molecule has 0 aliphatic rings. The first-order valence-electron chi connectivity index (χ1n) is 4.29.